The van der Waals surface area contributed by atoms with E-state index in [-0.39, 0.29) is 0 Å². The van der Waals surface area contributed by atoms with Crippen molar-refractivity contribution >= 4 is 29.2 Å². The fraction of sp³-hybridized carbons (Fsp3) is 0.111. The van der Waals surface area contributed by atoms with Gasteiger partial charge in [-0.05, 0) is 49.1 Å². The lowest BCUT2D eigenvalue weighted by Gasteiger charge is -2.00. The topological polar surface area (TPSA) is 0 Å². The molecule has 0 atom stereocenters. The second-order valence-corrected chi connectivity index (χ2v) is 6.27. The lowest BCUT2D eigenvalue weighted by molar-refractivity contribution is 1.55. The predicted octanol–water partition coefficient (Wildman–Crippen LogP) is 5.43. The quantitative estimate of drug-likeness (QED) is 0.538. The molecule has 0 amide bonds. The average Bonchev–Trinajstić information content (AvgIpc) is 2.91. The summed E-state index contributed by atoms with van der Waals surface area (Å²) in [5, 5.41) is 0. The molecule has 2 heteroatoms. The molecule has 0 spiro atoms. The molecule has 1 aromatic carbocycles. The van der Waals surface area contributed by atoms with Crippen LogP contribution in [0.5, 0.6) is 0 Å². The highest BCUT2D eigenvalue weighted by atomic mass is 32.2. The number of hydrogen-bond acceptors (Lipinski definition) is 2. The second kappa shape index (κ2) is 7.19. The molecular formula is C18H16S2. The lowest BCUT2D eigenvalue weighted by atomic mass is 10.2. The van der Waals surface area contributed by atoms with Crippen molar-refractivity contribution in [1.82, 2.24) is 0 Å². The molecule has 1 heterocycles. The van der Waals surface area contributed by atoms with E-state index in [1.165, 1.54) is 9.78 Å². The van der Waals surface area contributed by atoms with Gasteiger partial charge >= 0.3 is 0 Å². The van der Waals surface area contributed by atoms with Gasteiger partial charge in [0.05, 0.1) is 4.88 Å². The molecule has 0 unspecified atom stereocenters. The molecule has 0 aliphatic heterocycles. The smallest absolute Gasteiger partial charge is 0.0778 e. The van der Waals surface area contributed by atoms with Crippen molar-refractivity contribution < 1.29 is 0 Å². The van der Waals surface area contributed by atoms with Crippen LogP contribution < -0.4 is 0 Å². The Morgan fingerprint density at radius 2 is 1.90 bits per heavy atom. The number of hydrogen-bond donors (Lipinski definition) is 0. The van der Waals surface area contributed by atoms with Gasteiger partial charge in [-0.15, -0.1) is 23.1 Å². The van der Waals surface area contributed by atoms with E-state index in [4.69, 9.17) is 0 Å². The minimum absolute atomic E-state index is 1.05. The highest BCUT2D eigenvalue weighted by Gasteiger charge is 1.99. The molecule has 0 radical (unpaired) electrons. The van der Waals surface area contributed by atoms with Gasteiger partial charge in [0.2, 0.25) is 0 Å². The van der Waals surface area contributed by atoms with Gasteiger partial charge in [0, 0.05) is 15.3 Å². The first-order chi connectivity index (χ1) is 9.69. The van der Waals surface area contributed by atoms with Gasteiger partial charge < -0.3 is 0 Å². The third kappa shape index (κ3) is 4.16. The van der Waals surface area contributed by atoms with Crippen molar-refractivity contribution in [3.8, 4) is 11.8 Å². The average molecular weight is 296 g/mol. The van der Waals surface area contributed by atoms with E-state index in [2.05, 4.69) is 42.9 Å². The summed E-state index contributed by atoms with van der Waals surface area (Å²) in [7, 11) is 0. The van der Waals surface area contributed by atoms with Crippen molar-refractivity contribution in [3.05, 3.63) is 74.8 Å². The molecule has 0 aliphatic carbocycles. The number of allylic oxidation sites excluding steroid dienone is 1. The molecule has 100 valence electrons. The summed E-state index contributed by atoms with van der Waals surface area (Å²) in [6.45, 7) is 6.03. The number of benzene rings is 1. The maximum Gasteiger partial charge on any atom is 0.0778 e. The van der Waals surface area contributed by atoms with E-state index in [0.29, 0.717) is 0 Å². The molecule has 0 saturated carbocycles. The first-order valence-electron chi connectivity index (χ1n) is 6.27. The van der Waals surface area contributed by atoms with Crippen LogP contribution in [0.2, 0.25) is 0 Å². The van der Waals surface area contributed by atoms with Gasteiger partial charge in [-0.3, -0.25) is 0 Å². The van der Waals surface area contributed by atoms with Crippen molar-refractivity contribution in [3.63, 3.8) is 0 Å². The summed E-state index contributed by atoms with van der Waals surface area (Å²) < 4.78 is 0. The number of thiophene rings is 1. The summed E-state index contributed by atoms with van der Waals surface area (Å²) in [5.41, 5.74) is 2.15. The molecule has 0 bridgehead atoms. The maximum atomic E-state index is 3.99. The van der Waals surface area contributed by atoms with Gasteiger partial charge in [0.25, 0.3) is 0 Å². The SMILES string of the molecule is C=C(C)/C(=C\c1ccc(C#Cc2ccccc2)s1)SC. The molecular weight excluding hydrogens is 280 g/mol. The van der Waals surface area contributed by atoms with Crippen LogP contribution >= 0.6 is 23.1 Å². The monoisotopic (exact) mass is 296 g/mol. The highest BCUT2D eigenvalue weighted by molar-refractivity contribution is 8.02. The van der Waals surface area contributed by atoms with Gasteiger partial charge in [-0.25, -0.2) is 0 Å². The fourth-order valence-electron chi connectivity index (χ4n) is 1.64. The van der Waals surface area contributed by atoms with Crippen molar-refractivity contribution in [1.29, 1.82) is 0 Å². The molecule has 0 aliphatic rings. The Kier molecular flexibility index (Phi) is 5.29. The fourth-order valence-corrected chi connectivity index (χ4v) is 3.11. The summed E-state index contributed by atoms with van der Waals surface area (Å²) in [5.74, 6) is 6.39. The van der Waals surface area contributed by atoms with E-state index < -0.39 is 0 Å². The minimum atomic E-state index is 1.05. The van der Waals surface area contributed by atoms with Gasteiger partial charge in [-0.2, -0.15) is 0 Å². The zero-order valence-corrected chi connectivity index (χ0v) is 13.3. The lowest BCUT2D eigenvalue weighted by Crippen LogP contribution is -1.75. The molecule has 0 saturated heterocycles. The molecule has 20 heavy (non-hydrogen) atoms. The Bertz CT molecular complexity index is 679. The predicted molar refractivity (Wildman–Crippen MR) is 93.0 cm³/mol. The first-order valence-corrected chi connectivity index (χ1v) is 8.31. The van der Waals surface area contributed by atoms with E-state index in [1.54, 1.807) is 23.1 Å². The van der Waals surface area contributed by atoms with Crippen LogP contribution in [0.3, 0.4) is 0 Å². The molecule has 2 rings (SSSR count). The van der Waals surface area contributed by atoms with Crippen LogP contribution in [-0.4, -0.2) is 6.26 Å². The van der Waals surface area contributed by atoms with Crippen molar-refractivity contribution in [2.75, 3.05) is 6.26 Å². The Hall–Kier alpha value is -1.69. The Balaban J connectivity index is 2.18. The normalized spacial score (nSPS) is 10.8. The van der Waals surface area contributed by atoms with Crippen LogP contribution in [0, 0.1) is 11.8 Å². The van der Waals surface area contributed by atoms with Gasteiger partial charge in [0.15, 0.2) is 0 Å². The van der Waals surface area contributed by atoms with Crippen LogP contribution in [0.25, 0.3) is 6.08 Å². The van der Waals surface area contributed by atoms with E-state index in [0.717, 1.165) is 16.0 Å². The zero-order chi connectivity index (χ0) is 14.4. The van der Waals surface area contributed by atoms with E-state index >= 15 is 0 Å². The summed E-state index contributed by atoms with van der Waals surface area (Å²) in [4.78, 5) is 3.52. The second-order valence-electron chi connectivity index (χ2n) is 4.31. The summed E-state index contributed by atoms with van der Waals surface area (Å²) in [6.07, 6.45) is 4.25. The Morgan fingerprint density at radius 1 is 1.15 bits per heavy atom. The summed E-state index contributed by atoms with van der Waals surface area (Å²) in [6, 6.07) is 14.2. The Labute approximate surface area is 129 Å². The van der Waals surface area contributed by atoms with E-state index in [1.807, 2.05) is 37.3 Å². The molecule has 0 fully saturated rings. The van der Waals surface area contributed by atoms with Gasteiger partial charge in [-0.1, -0.05) is 36.6 Å². The molecule has 0 nitrogen and oxygen atoms in total. The largest absolute Gasteiger partial charge is 0.129 e. The molecule has 0 N–H and O–H groups in total. The third-order valence-corrected chi connectivity index (χ3v) is 4.50. The number of thioether (sulfide) groups is 1. The van der Waals surface area contributed by atoms with Crippen LogP contribution in [0.1, 0.15) is 22.2 Å². The van der Waals surface area contributed by atoms with Crippen LogP contribution in [-0.2, 0) is 0 Å². The van der Waals surface area contributed by atoms with Crippen LogP contribution in [0.4, 0.5) is 0 Å². The summed E-state index contributed by atoms with van der Waals surface area (Å²) >= 11 is 3.43. The first kappa shape index (κ1) is 14.7. The van der Waals surface area contributed by atoms with Gasteiger partial charge in [0.1, 0.15) is 0 Å². The van der Waals surface area contributed by atoms with E-state index in [9.17, 15) is 0 Å². The Morgan fingerprint density at radius 3 is 2.55 bits per heavy atom. The van der Waals surface area contributed by atoms with Crippen molar-refractivity contribution in [2.45, 2.75) is 6.92 Å². The zero-order valence-electron chi connectivity index (χ0n) is 11.6. The standard InChI is InChI=1S/C18H16S2/c1-14(2)18(19-3)13-17-12-11-16(20-17)10-9-15-7-5-4-6-8-15/h4-8,11-13H,1H2,2-3H3/b18-13+. The number of rotatable bonds is 3. The van der Waals surface area contributed by atoms with Crippen LogP contribution in [0.15, 0.2) is 59.5 Å². The molecule has 2 aromatic rings. The minimum Gasteiger partial charge on any atom is -0.129 e. The molecule has 1 aromatic heterocycles. The van der Waals surface area contributed by atoms with Crippen molar-refractivity contribution in [2.24, 2.45) is 0 Å². The maximum absolute atomic E-state index is 3.99. The third-order valence-electron chi connectivity index (χ3n) is 2.64. The highest BCUT2D eigenvalue weighted by Crippen LogP contribution is 2.26.